The lowest BCUT2D eigenvalue weighted by Gasteiger charge is -2.35. The number of hydrogen-bond donors (Lipinski definition) is 1. The van der Waals surface area contributed by atoms with Crippen LogP contribution in [0.3, 0.4) is 0 Å². The van der Waals surface area contributed by atoms with Gasteiger partial charge in [0.25, 0.3) is 0 Å². The number of hydrogen-bond acceptors (Lipinski definition) is 3. The molecule has 2 aliphatic rings. The van der Waals surface area contributed by atoms with Crippen LogP contribution in [0, 0.1) is 11.8 Å². The molecule has 1 aliphatic carbocycles. The van der Waals surface area contributed by atoms with Gasteiger partial charge in [0.1, 0.15) is 0 Å². The molecule has 1 N–H and O–H groups in total. The van der Waals surface area contributed by atoms with Crippen molar-refractivity contribution in [2.45, 2.75) is 45.8 Å². The fourth-order valence-electron chi connectivity index (χ4n) is 2.63. The molecule has 5 nitrogen and oxygen atoms in total. The van der Waals surface area contributed by atoms with E-state index in [0.717, 1.165) is 19.0 Å². The lowest BCUT2D eigenvalue weighted by Crippen LogP contribution is -2.54. The third-order valence-electron chi connectivity index (χ3n) is 4.56. The highest BCUT2D eigenvalue weighted by Gasteiger charge is 2.28. The van der Waals surface area contributed by atoms with Crippen LogP contribution in [-0.4, -0.2) is 67.8 Å². The first-order valence-corrected chi connectivity index (χ1v) is 8.31. The topological polar surface area (TPSA) is 44.8 Å². The zero-order valence-corrected chi connectivity index (χ0v) is 14.0. The lowest BCUT2D eigenvalue weighted by atomic mass is 10.1. The minimum Gasteiger partial charge on any atom is -0.373 e. The zero-order valence-electron chi connectivity index (χ0n) is 14.0. The molecule has 0 aromatic heterocycles. The Kier molecular flexibility index (Phi) is 5.88. The molecule has 0 aromatic rings. The molecular formula is C16H31N3O2. The number of urea groups is 1. The summed E-state index contributed by atoms with van der Waals surface area (Å²) < 4.78 is 5.82. The van der Waals surface area contributed by atoms with Gasteiger partial charge in [0.2, 0.25) is 0 Å². The highest BCUT2D eigenvalue weighted by molar-refractivity contribution is 5.74. The molecule has 1 aliphatic heterocycles. The highest BCUT2D eigenvalue weighted by atomic mass is 16.5. The molecule has 2 amide bonds. The molecule has 5 heteroatoms. The number of carbonyl (C=O) groups is 1. The molecule has 0 unspecified atom stereocenters. The van der Waals surface area contributed by atoms with Crippen molar-refractivity contribution in [2.24, 2.45) is 11.8 Å². The minimum absolute atomic E-state index is 0.0503. The van der Waals surface area contributed by atoms with Crippen LogP contribution in [0.15, 0.2) is 0 Å². The van der Waals surface area contributed by atoms with E-state index < -0.39 is 0 Å². The van der Waals surface area contributed by atoms with Gasteiger partial charge in [0.05, 0.1) is 12.7 Å². The first-order valence-electron chi connectivity index (χ1n) is 8.31. The van der Waals surface area contributed by atoms with Crippen molar-refractivity contribution in [3.63, 3.8) is 0 Å². The van der Waals surface area contributed by atoms with Crippen LogP contribution in [0.25, 0.3) is 0 Å². The molecule has 0 spiro atoms. The maximum atomic E-state index is 12.3. The predicted molar refractivity (Wildman–Crippen MR) is 84.4 cm³/mol. The van der Waals surface area contributed by atoms with Crippen molar-refractivity contribution in [3.8, 4) is 0 Å². The van der Waals surface area contributed by atoms with Gasteiger partial charge >= 0.3 is 6.03 Å². The van der Waals surface area contributed by atoms with E-state index in [1.807, 2.05) is 4.90 Å². The smallest absolute Gasteiger partial charge is 0.317 e. The van der Waals surface area contributed by atoms with E-state index in [-0.39, 0.29) is 18.2 Å². The summed E-state index contributed by atoms with van der Waals surface area (Å²) in [6.45, 7) is 10.4. The molecule has 2 atom stereocenters. The molecule has 1 saturated carbocycles. The van der Waals surface area contributed by atoms with Crippen molar-refractivity contribution in [3.05, 3.63) is 0 Å². The number of rotatable bonds is 6. The van der Waals surface area contributed by atoms with Gasteiger partial charge in [-0.2, -0.15) is 0 Å². The molecule has 0 bridgehead atoms. The zero-order chi connectivity index (χ0) is 15.4. The number of nitrogens with zero attached hydrogens (tertiary/aromatic N) is 2. The van der Waals surface area contributed by atoms with Crippen LogP contribution in [-0.2, 0) is 4.74 Å². The predicted octanol–water partition coefficient (Wildman–Crippen LogP) is 1.78. The maximum Gasteiger partial charge on any atom is 0.317 e. The summed E-state index contributed by atoms with van der Waals surface area (Å²) in [6, 6.07) is 0.255. The van der Waals surface area contributed by atoms with E-state index in [4.69, 9.17) is 4.74 Å². The van der Waals surface area contributed by atoms with E-state index in [1.165, 1.54) is 12.8 Å². The SMILES string of the molecule is CC(C)[C@@H](C)NC(=O)N1CCO[C@@H](CN(C)CC2CC2)C1. The Hall–Kier alpha value is -0.810. The Labute approximate surface area is 129 Å². The number of likely N-dealkylation sites (N-methyl/N-ethyl adjacent to an activating group) is 1. The van der Waals surface area contributed by atoms with Crippen molar-refractivity contribution in [1.82, 2.24) is 15.1 Å². The van der Waals surface area contributed by atoms with Gasteiger partial charge in [-0.3, -0.25) is 0 Å². The molecule has 2 fully saturated rings. The van der Waals surface area contributed by atoms with E-state index in [2.05, 4.69) is 38.0 Å². The molecule has 1 heterocycles. The first kappa shape index (κ1) is 16.6. The lowest BCUT2D eigenvalue weighted by molar-refractivity contribution is -0.0281. The molecule has 21 heavy (non-hydrogen) atoms. The van der Waals surface area contributed by atoms with Crippen molar-refractivity contribution < 1.29 is 9.53 Å². The maximum absolute atomic E-state index is 12.3. The Morgan fingerprint density at radius 3 is 2.67 bits per heavy atom. The normalized spacial score (nSPS) is 24.5. The summed E-state index contributed by atoms with van der Waals surface area (Å²) in [7, 11) is 2.15. The summed E-state index contributed by atoms with van der Waals surface area (Å²) in [5.41, 5.74) is 0. The van der Waals surface area contributed by atoms with E-state index >= 15 is 0 Å². The van der Waals surface area contributed by atoms with Crippen molar-refractivity contribution >= 4 is 6.03 Å². The van der Waals surface area contributed by atoms with Crippen LogP contribution < -0.4 is 5.32 Å². The second-order valence-electron chi connectivity index (χ2n) is 7.09. The standard InChI is InChI=1S/C16H31N3O2/c1-12(2)13(3)17-16(20)19-7-8-21-15(11-19)10-18(4)9-14-5-6-14/h12-15H,5-11H2,1-4H3,(H,17,20)/t13-,15+/m1/s1. The summed E-state index contributed by atoms with van der Waals surface area (Å²) >= 11 is 0. The summed E-state index contributed by atoms with van der Waals surface area (Å²) in [4.78, 5) is 16.5. The third-order valence-corrected chi connectivity index (χ3v) is 4.56. The van der Waals surface area contributed by atoms with Gasteiger partial charge in [-0.15, -0.1) is 0 Å². The van der Waals surface area contributed by atoms with Gasteiger partial charge in [-0.05, 0) is 38.6 Å². The fourth-order valence-corrected chi connectivity index (χ4v) is 2.63. The van der Waals surface area contributed by atoms with Gasteiger partial charge in [-0.25, -0.2) is 4.79 Å². The summed E-state index contributed by atoms with van der Waals surface area (Å²) in [5, 5.41) is 3.08. The average molecular weight is 297 g/mol. The summed E-state index contributed by atoms with van der Waals surface area (Å²) in [6.07, 6.45) is 2.89. The van der Waals surface area contributed by atoms with Gasteiger partial charge in [-0.1, -0.05) is 13.8 Å². The van der Waals surface area contributed by atoms with Crippen LogP contribution in [0.2, 0.25) is 0 Å². The molecule has 0 aromatic carbocycles. The van der Waals surface area contributed by atoms with Gasteiger partial charge in [0, 0.05) is 32.2 Å². The molecule has 1 saturated heterocycles. The van der Waals surface area contributed by atoms with Gasteiger partial charge < -0.3 is 19.9 Å². The first-order chi connectivity index (χ1) is 9.95. The quantitative estimate of drug-likeness (QED) is 0.813. The average Bonchev–Trinajstić information content (AvgIpc) is 3.22. The number of ether oxygens (including phenoxy) is 1. The molecule has 0 radical (unpaired) electrons. The second-order valence-corrected chi connectivity index (χ2v) is 7.09. The Morgan fingerprint density at radius 1 is 1.33 bits per heavy atom. The second kappa shape index (κ2) is 7.45. The van der Waals surface area contributed by atoms with Crippen molar-refractivity contribution in [2.75, 3.05) is 39.8 Å². The van der Waals surface area contributed by atoms with E-state index in [1.54, 1.807) is 0 Å². The van der Waals surface area contributed by atoms with E-state index in [9.17, 15) is 4.79 Å². The minimum atomic E-state index is 0.0503. The van der Waals surface area contributed by atoms with Crippen LogP contribution in [0.5, 0.6) is 0 Å². The van der Waals surface area contributed by atoms with Crippen LogP contribution in [0.4, 0.5) is 4.79 Å². The van der Waals surface area contributed by atoms with Crippen LogP contribution in [0.1, 0.15) is 33.6 Å². The fraction of sp³-hybridized carbons (Fsp3) is 0.938. The Morgan fingerprint density at radius 2 is 2.05 bits per heavy atom. The highest BCUT2D eigenvalue weighted by Crippen LogP contribution is 2.29. The summed E-state index contributed by atoms with van der Waals surface area (Å²) in [5.74, 6) is 1.35. The number of nitrogens with one attached hydrogen (secondary N) is 1. The Balaban J connectivity index is 1.75. The monoisotopic (exact) mass is 297 g/mol. The van der Waals surface area contributed by atoms with Gasteiger partial charge in [0.15, 0.2) is 0 Å². The largest absolute Gasteiger partial charge is 0.373 e. The number of amides is 2. The molecular weight excluding hydrogens is 266 g/mol. The van der Waals surface area contributed by atoms with E-state index in [0.29, 0.717) is 25.6 Å². The third kappa shape index (κ3) is 5.47. The van der Waals surface area contributed by atoms with Crippen molar-refractivity contribution in [1.29, 1.82) is 0 Å². The number of carbonyl (C=O) groups excluding carboxylic acids is 1. The molecule has 2 rings (SSSR count). The number of morpholine rings is 1. The Bertz CT molecular complexity index is 344. The van der Waals surface area contributed by atoms with Crippen LogP contribution >= 0.6 is 0 Å². The molecule has 122 valence electrons.